The molecule has 0 bridgehead atoms. The van der Waals surface area contributed by atoms with Crippen molar-refractivity contribution >= 4 is 33.7 Å². The number of amides is 1. The van der Waals surface area contributed by atoms with Crippen molar-refractivity contribution in [1.29, 1.82) is 0 Å². The lowest BCUT2D eigenvalue weighted by molar-refractivity contribution is -0.385. The first-order valence-electron chi connectivity index (χ1n) is 6.14. The number of non-ortho nitro benzene ring substituents is 1. The van der Waals surface area contributed by atoms with E-state index in [2.05, 4.69) is 26.5 Å². The topological polar surface area (TPSA) is 105 Å². The molecule has 2 N–H and O–H groups in total. The van der Waals surface area contributed by atoms with Gasteiger partial charge in [-0.1, -0.05) is 6.07 Å². The van der Waals surface area contributed by atoms with E-state index in [-0.39, 0.29) is 27.0 Å². The fraction of sp³-hybridized carbons (Fsp3) is 0. The Labute approximate surface area is 137 Å². The number of nitro benzene ring substituents is 1. The molecule has 9 heteroatoms. The van der Waals surface area contributed by atoms with Crippen LogP contribution in [0.2, 0.25) is 0 Å². The zero-order chi connectivity index (χ0) is 17.0. The normalized spacial score (nSPS) is 10.7. The third kappa shape index (κ3) is 4.10. The average molecular weight is 382 g/mol. The molecular formula is C14H9BrFN3O4. The number of rotatable bonds is 4. The van der Waals surface area contributed by atoms with Crippen molar-refractivity contribution < 1.29 is 19.2 Å². The second-order valence-corrected chi connectivity index (χ2v) is 5.19. The number of hydrogen-bond donors (Lipinski definition) is 2. The van der Waals surface area contributed by atoms with Gasteiger partial charge in [-0.25, -0.2) is 9.82 Å². The van der Waals surface area contributed by atoms with E-state index in [9.17, 15) is 24.4 Å². The summed E-state index contributed by atoms with van der Waals surface area (Å²) in [6.45, 7) is 0. The summed E-state index contributed by atoms with van der Waals surface area (Å²) in [5.41, 5.74) is 1.98. The molecule has 2 aromatic carbocycles. The average Bonchev–Trinajstić information content (AvgIpc) is 2.50. The number of phenols is 1. The second-order valence-electron chi connectivity index (χ2n) is 4.33. The number of benzene rings is 2. The van der Waals surface area contributed by atoms with Gasteiger partial charge < -0.3 is 5.11 Å². The number of hydrazone groups is 1. The number of carbonyl (C=O) groups is 1. The lowest BCUT2D eigenvalue weighted by Gasteiger charge is -2.03. The van der Waals surface area contributed by atoms with E-state index in [1.807, 2.05) is 0 Å². The predicted molar refractivity (Wildman–Crippen MR) is 83.9 cm³/mol. The number of halogens is 2. The standard InChI is InChI=1S/C14H9BrFN3O4/c15-12-6-11(19(22)23)5-9(13(12)20)7-17-18-14(21)8-2-1-3-10(16)4-8/h1-7,20H,(H,18,21)/b17-7-. The summed E-state index contributed by atoms with van der Waals surface area (Å²) in [6.07, 6.45) is 1.05. The molecule has 2 aromatic rings. The van der Waals surface area contributed by atoms with Gasteiger partial charge in [-0.05, 0) is 34.1 Å². The summed E-state index contributed by atoms with van der Waals surface area (Å²) < 4.78 is 13.1. The number of carbonyl (C=O) groups excluding carboxylic acids is 1. The molecule has 118 valence electrons. The Kier molecular flexibility index (Phi) is 5.02. The Morgan fingerprint density at radius 2 is 2.13 bits per heavy atom. The molecule has 0 aromatic heterocycles. The highest BCUT2D eigenvalue weighted by Crippen LogP contribution is 2.31. The Morgan fingerprint density at radius 3 is 2.78 bits per heavy atom. The van der Waals surface area contributed by atoms with E-state index in [1.54, 1.807) is 0 Å². The minimum atomic E-state index is -0.662. The first-order valence-corrected chi connectivity index (χ1v) is 6.93. The Morgan fingerprint density at radius 1 is 1.39 bits per heavy atom. The molecule has 0 saturated carbocycles. The minimum absolute atomic E-state index is 0.0330. The molecule has 2 rings (SSSR count). The van der Waals surface area contributed by atoms with E-state index >= 15 is 0 Å². The summed E-state index contributed by atoms with van der Waals surface area (Å²) in [4.78, 5) is 21.9. The van der Waals surface area contributed by atoms with Crippen molar-refractivity contribution in [2.24, 2.45) is 5.10 Å². The lowest BCUT2D eigenvalue weighted by atomic mass is 10.2. The molecule has 0 aliphatic heterocycles. The molecule has 0 saturated heterocycles. The number of nitrogens with one attached hydrogen (secondary N) is 1. The Bertz CT molecular complexity index is 811. The number of aromatic hydroxyl groups is 1. The first-order chi connectivity index (χ1) is 10.9. The van der Waals surface area contributed by atoms with Gasteiger partial charge in [-0.15, -0.1) is 0 Å². The molecule has 0 unspecified atom stereocenters. The van der Waals surface area contributed by atoms with Crippen LogP contribution >= 0.6 is 15.9 Å². The summed E-state index contributed by atoms with van der Waals surface area (Å²) in [5, 5.41) is 24.2. The van der Waals surface area contributed by atoms with Crippen LogP contribution in [0.3, 0.4) is 0 Å². The van der Waals surface area contributed by atoms with Crippen LogP contribution in [0.5, 0.6) is 5.75 Å². The van der Waals surface area contributed by atoms with Crippen LogP contribution in [-0.2, 0) is 0 Å². The summed E-state index contributed by atoms with van der Waals surface area (Å²) >= 11 is 2.99. The smallest absolute Gasteiger partial charge is 0.271 e. The van der Waals surface area contributed by atoms with Gasteiger partial charge in [0.05, 0.1) is 15.6 Å². The van der Waals surface area contributed by atoms with Crippen molar-refractivity contribution in [3.63, 3.8) is 0 Å². The van der Waals surface area contributed by atoms with Crippen LogP contribution in [0, 0.1) is 15.9 Å². The predicted octanol–water partition coefficient (Wildman–Crippen LogP) is 2.97. The number of nitro groups is 1. The molecular weight excluding hydrogens is 373 g/mol. The Hall–Kier alpha value is -2.81. The van der Waals surface area contributed by atoms with Crippen LogP contribution in [0.1, 0.15) is 15.9 Å². The SMILES string of the molecule is O=C(N/N=C\c1cc([N+](=O)[O-])cc(Br)c1O)c1cccc(F)c1. The highest BCUT2D eigenvalue weighted by molar-refractivity contribution is 9.10. The van der Waals surface area contributed by atoms with E-state index in [0.717, 1.165) is 24.4 Å². The first kappa shape index (κ1) is 16.6. The van der Waals surface area contributed by atoms with Crippen LogP contribution in [-0.4, -0.2) is 22.2 Å². The molecule has 23 heavy (non-hydrogen) atoms. The van der Waals surface area contributed by atoms with Crippen LogP contribution in [0.15, 0.2) is 46.0 Å². The van der Waals surface area contributed by atoms with Gasteiger partial charge in [0.15, 0.2) is 0 Å². The third-order valence-electron chi connectivity index (χ3n) is 2.75. The van der Waals surface area contributed by atoms with Crippen LogP contribution in [0.4, 0.5) is 10.1 Å². The van der Waals surface area contributed by atoms with Crippen molar-refractivity contribution in [2.45, 2.75) is 0 Å². The van der Waals surface area contributed by atoms with Gasteiger partial charge >= 0.3 is 0 Å². The molecule has 0 fully saturated rings. The zero-order valence-electron chi connectivity index (χ0n) is 11.4. The lowest BCUT2D eigenvalue weighted by Crippen LogP contribution is -2.17. The fourth-order valence-electron chi connectivity index (χ4n) is 1.66. The van der Waals surface area contributed by atoms with E-state index in [1.165, 1.54) is 18.2 Å². The molecule has 0 aliphatic carbocycles. The number of hydrogen-bond acceptors (Lipinski definition) is 5. The van der Waals surface area contributed by atoms with E-state index in [4.69, 9.17) is 0 Å². The monoisotopic (exact) mass is 381 g/mol. The molecule has 0 heterocycles. The van der Waals surface area contributed by atoms with Crippen molar-refractivity contribution in [2.75, 3.05) is 0 Å². The molecule has 0 aliphatic rings. The highest BCUT2D eigenvalue weighted by Gasteiger charge is 2.13. The van der Waals surface area contributed by atoms with Crippen molar-refractivity contribution in [3.05, 3.63) is 67.9 Å². The molecule has 0 spiro atoms. The summed E-state index contributed by atoms with van der Waals surface area (Å²) in [5.74, 6) is -1.49. The molecule has 0 radical (unpaired) electrons. The van der Waals surface area contributed by atoms with Gasteiger partial charge in [-0.3, -0.25) is 14.9 Å². The van der Waals surface area contributed by atoms with Gasteiger partial charge in [0, 0.05) is 23.3 Å². The van der Waals surface area contributed by atoms with Crippen molar-refractivity contribution in [1.82, 2.24) is 5.43 Å². The van der Waals surface area contributed by atoms with Crippen LogP contribution in [0.25, 0.3) is 0 Å². The third-order valence-corrected chi connectivity index (χ3v) is 3.35. The molecule has 7 nitrogen and oxygen atoms in total. The maximum absolute atomic E-state index is 13.0. The van der Waals surface area contributed by atoms with Gasteiger partial charge in [-0.2, -0.15) is 5.10 Å². The quantitative estimate of drug-likeness (QED) is 0.482. The highest BCUT2D eigenvalue weighted by atomic mass is 79.9. The van der Waals surface area contributed by atoms with Gasteiger partial charge in [0.2, 0.25) is 0 Å². The van der Waals surface area contributed by atoms with Crippen LogP contribution < -0.4 is 5.43 Å². The summed E-state index contributed by atoms with van der Waals surface area (Å²) in [7, 11) is 0. The fourth-order valence-corrected chi connectivity index (χ4v) is 2.13. The van der Waals surface area contributed by atoms with Gasteiger partial charge in [0.25, 0.3) is 11.6 Å². The second kappa shape index (κ2) is 6.97. The minimum Gasteiger partial charge on any atom is -0.506 e. The molecule has 1 amide bonds. The van der Waals surface area contributed by atoms with E-state index < -0.39 is 16.6 Å². The molecule has 0 atom stereocenters. The maximum atomic E-state index is 13.0. The van der Waals surface area contributed by atoms with Gasteiger partial charge in [0.1, 0.15) is 11.6 Å². The summed E-state index contributed by atoms with van der Waals surface area (Å²) in [6, 6.07) is 7.23. The van der Waals surface area contributed by atoms with E-state index in [0.29, 0.717) is 0 Å². The Balaban J connectivity index is 2.17. The largest absolute Gasteiger partial charge is 0.506 e. The maximum Gasteiger partial charge on any atom is 0.271 e. The zero-order valence-corrected chi connectivity index (χ0v) is 12.9. The number of phenolic OH excluding ortho intramolecular Hbond substituents is 1. The van der Waals surface area contributed by atoms with Crippen molar-refractivity contribution in [3.8, 4) is 5.75 Å². The number of nitrogens with zero attached hydrogens (tertiary/aromatic N) is 2.